The van der Waals surface area contributed by atoms with E-state index in [2.05, 4.69) is 26.3 Å². The highest BCUT2D eigenvalue weighted by atomic mass is 16.2. The van der Waals surface area contributed by atoms with Gasteiger partial charge in [-0.3, -0.25) is 9.13 Å². The van der Waals surface area contributed by atoms with Crippen LogP contribution in [0.2, 0.25) is 0 Å². The van der Waals surface area contributed by atoms with Crippen molar-refractivity contribution >= 4 is 33.7 Å². The second kappa shape index (κ2) is 6.87. The number of hydrogen-bond acceptors (Lipinski definition) is 7. The summed E-state index contributed by atoms with van der Waals surface area (Å²) in [5.74, 6) is 1.44. The van der Waals surface area contributed by atoms with E-state index in [0.717, 1.165) is 54.3 Å². The van der Waals surface area contributed by atoms with Gasteiger partial charge in [0.25, 0.3) is 0 Å². The fourth-order valence-corrected chi connectivity index (χ4v) is 7.59. The van der Waals surface area contributed by atoms with Crippen LogP contribution in [-0.2, 0) is 12.6 Å². The van der Waals surface area contributed by atoms with Crippen molar-refractivity contribution in [3.05, 3.63) is 46.9 Å². The molecule has 9 heteroatoms. The fourth-order valence-electron chi connectivity index (χ4n) is 7.59. The van der Waals surface area contributed by atoms with Crippen LogP contribution in [0.5, 0.6) is 0 Å². The van der Waals surface area contributed by atoms with Gasteiger partial charge in [-0.05, 0) is 75.0 Å². The van der Waals surface area contributed by atoms with Gasteiger partial charge in [-0.1, -0.05) is 0 Å². The molecule has 0 radical (unpaired) electrons. The Balaban J connectivity index is 1.36. The van der Waals surface area contributed by atoms with Gasteiger partial charge >= 0.3 is 5.69 Å². The molecule has 3 aromatic heterocycles. The number of nitrogens with one attached hydrogen (secondary N) is 1. The molecule has 35 heavy (non-hydrogen) atoms. The highest BCUT2D eigenvalue weighted by molar-refractivity contribution is 5.84. The summed E-state index contributed by atoms with van der Waals surface area (Å²) in [5, 5.41) is 14.4. The molecule has 0 aliphatic heterocycles. The van der Waals surface area contributed by atoms with E-state index in [-0.39, 0.29) is 16.6 Å². The molecule has 4 aliphatic carbocycles. The van der Waals surface area contributed by atoms with Gasteiger partial charge < -0.3 is 5.32 Å². The minimum Gasteiger partial charge on any atom is -0.324 e. The predicted octanol–water partition coefficient (Wildman–Crippen LogP) is 3.94. The Kier molecular flexibility index (Phi) is 4.04. The first-order valence-corrected chi connectivity index (χ1v) is 12.2. The summed E-state index contributed by atoms with van der Waals surface area (Å²) in [6, 6.07) is 6.66. The lowest BCUT2D eigenvalue weighted by molar-refractivity contribution is -0.0746. The zero-order chi connectivity index (χ0) is 23.9. The van der Waals surface area contributed by atoms with Gasteiger partial charge in [-0.15, -0.1) is 0 Å². The van der Waals surface area contributed by atoms with Gasteiger partial charge in [-0.25, -0.2) is 19.7 Å². The number of nitrogens with zero attached hydrogens (tertiary/aromatic N) is 7. The topological polar surface area (TPSA) is 114 Å². The van der Waals surface area contributed by atoms with Crippen molar-refractivity contribution in [3.63, 3.8) is 0 Å². The van der Waals surface area contributed by atoms with Crippen molar-refractivity contribution < 1.29 is 0 Å². The van der Waals surface area contributed by atoms with Crippen molar-refractivity contribution in [1.29, 1.82) is 5.26 Å². The predicted molar refractivity (Wildman–Crippen MR) is 131 cm³/mol. The van der Waals surface area contributed by atoms with Crippen LogP contribution in [0.4, 0.5) is 11.6 Å². The summed E-state index contributed by atoms with van der Waals surface area (Å²) in [6.07, 6.45) is 10.8. The molecule has 3 heterocycles. The van der Waals surface area contributed by atoms with E-state index in [1.807, 2.05) is 23.6 Å². The van der Waals surface area contributed by atoms with Gasteiger partial charge in [-0.2, -0.15) is 10.2 Å². The number of hydrogen-bond donors (Lipinski definition) is 1. The summed E-state index contributed by atoms with van der Waals surface area (Å²) in [5.41, 5.74) is 3.39. The van der Waals surface area contributed by atoms with Crippen LogP contribution in [-0.4, -0.2) is 29.1 Å². The summed E-state index contributed by atoms with van der Waals surface area (Å²) < 4.78 is 3.56. The maximum Gasteiger partial charge on any atom is 0.330 e. The number of fused-ring (bicyclic) bond motifs is 2. The quantitative estimate of drug-likeness (QED) is 0.486. The van der Waals surface area contributed by atoms with Gasteiger partial charge in [0.05, 0.1) is 28.7 Å². The average Bonchev–Trinajstić information content (AvgIpc) is 3.08. The minimum atomic E-state index is -0.349. The van der Waals surface area contributed by atoms with Crippen molar-refractivity contribution in [2.45, 2.75) is 51.0 Å². The molecule has 4 aliphatic rings. The van der Waals surface area contributed by atoms with Crippen molar-refractivity contribution in [2.24, 2.45) is 24.3 Å². The van der Waals surface area contributed by atoms with Crippen LogP contribution in [0.3, 0.4) is 0 Å². The Bertz CT molecular complexity index is 1610. The largest absolute Gasteiger partial charge is 0.330 e. The average molecular weight is 467 g/mol. The summed E-state index contributed by atoms with van der Waals surface area (Å²) >= 11 is 0. The molecule has 4 saturated carbocycles. The molecule has 0 spiro atoms. The molecule has 0 amide bonds. The van der Waals surface area contributed by atoms with Gasteiger partial charge in [0, 0.05) is 24.3 Å². The molecule has 176 valence electrons. The zero-order valence-electron chi connectivity index (χ0n) is 19.8. The molecular formula is C26H26N8O. The minimum absolute atomic E-state index is 0.0690. The number of aryl methyl sites for hydroxylation is 2. The molecule has 2 unspecified atom stereocenters. The number of benzene rings is 1. The van der Waals surface area contributed by atoms with E-state index >= 15 is 0 Å². The zero-order valence-corrected chi connectivity index (χ0v) is 19.8. The maximum absolute atomic E-state index is 13.6. The highest BCUT2D eigenvalue weighted by Crippen LogP contribution is 2.64. The second-order valence-electron chi connectivity index (χ2n) is 11.0. The van der Waals surface area contributed by atoms with Crippen LogP contribution in [0.15, 0.2) is 35.6 Å². The van der Waals surface area contributed by atoms with Crippen LogP contribution in [0.1, 0.15) is 44.1 Å². The smallest absolute Gasteiger partial charge is 0.324 e. The number of imidazole rings is 1. The van der Waals surface area contributed by atoms with Crippen LogP contribution in [0.25, 0.3) is 22.1 Å². The molecule has 0 saturated heterocycles. The fraction of sp³-hybridized carbons (Fsp3) is 0.462. The number of anilines is 2. The Morgan fingerprint density at radius 1 is 1.14 bits per heavy atom. The van der Waals surface area contributed by atoms with E-state index in [1.54, 1.807) is 30.3 Å². The Hall–Kier alpha value is -3.80. The van der Waals surface area contributed by atoms with Crippen LogP contribution in [0, 0.1) is 35.5 Å². The number of nitriles is 1. The lowest BCUT2D eigenvalue weighted by Crippen LogP contribution is -2.58. The Morgan fingerprint density at radius 2 is 1.94 bits per heavy atom. The van der Waals surface area contributed by atoms with Gasteiger partial charge in [0.15, 0.2) is 5.65 Å². The van der Waals surface area contributed by atoms with Crippen molar-refractivity contribution in [3.8, 4) is 6.07 Å². The molecule has 1 N–H and O–H groups in total. The standard InChI is InChI=1S/C26H26N8O/c1-15-3-20-18(10-28-14-30-20)5-19(15)31-23-29-11-21-22(32-23)34(24(35)33(21)2)26-8-16-4-17(9-26)7-25(6-16,12-26)13-27/h3,5,10-11,14,16-17H,4,6-9,12H2,1-2H3,(H,29,31,32). The van der Waals surface area contributed by atoms with E-state index < -0.39 is 0 Å². The number of rotatable bonds is 3. The molecule has 2 atom stereocenters. The van der Waals surface area contributed by atoms with Gasteiger partial charge in [0.1, 0.15) is 11.8 Å². The first-order chi connectivity index (χ1) is 16.9. The number of aromatic nitrogens is 6. The van der Waals surface area contributed by atoms with E-state index in [4.69, 9.17) is 4.98 Å². The third kappa shape index (κ3) is 2.89. The highest BCUT2D eigenvalue weighted by Gasteiger charge is 2.59. The first-order valence-electron chi connectivity index (χ1n) is 12.2. The van der Waals surface area contributed by atoms with E-state index in [9.17, 15) is 10.1 Å². The maximum atomic E-state index is 13.6. The molecule has 4 fully saturated rings. The van der Waals surface area contributed by atoms with Crippen molar-refractivity contribution in [2.75, 3.05) is 5.32 Å². The molecular weight excluding hydrogens is 440 g/mol. The molecule has 4 aromatic rings. The van der Waals surface area contributed by atoms with Crippen molar-refractivity contribution in [1.82, 2.24) is 29.1 Å². The molecule has 9 nitrogen and oxygen atoms in total. The lowest BCUT2D eigenvalue weighted by atomic mass is 9.47. The lowest BCUT2D eigenvalue weighted by Gasteiger charge is -2.59. The summed E-state index contributed by atoms with van der Waals surface area (Å²) in [4.78, 5) is 31.5. The molecule has 4 bridgehead atoms. The van der Waals surface area contributed by atoms with E-state index in [1.165, 1.54) is 6.42 Å². The first kappa shape index (κ1) is 20.6. The SMILES string of the molecule is Cc1cc2ncncc2cc1Nc1ncc2c(n1)n(C13CC4CC(CC(C#N)(C4)C1)C3)c(=O)n2C. The van der Waals surface area contributed by atoms with Crippen LogP contribution < -0.4 is 11.0 Å². The van der Waals surface area contributed by atoms with E-state index in [0.29, 0.717) is 28.9 Å². The normalized spacial score (nSPS) is 29.1. The second-order valence-corrected chi connectivity index (χ2v) is 11.0. The molecule has 1 aromatic carbocycles. The Labute approximate surface area is 201 Å². The summed E-state index contributed by atoms with van der Waals surface area (Å²) in [6.45, 7) is 2.01. The summed E-state index contributed by atoms with van der Waals surface area (Å²) in [7, 11) is 1.78. The van der Waals surface area contributed by atoms with Crippen LogP contribution >= 0.6 is 0 Å². The third-order valence-corrected chi connectivity index (χ3v) is 8.64. The Morgan fingerprint density at radius 3 is 2.71 bits per heavy atom. The van der Waals surface area contributed by atoms with Gasteiger partial charge in [0.2, 0.25) is 5.95 Å². The third-order valence-electron chi connectivity index (χ3n) is 8.64. The molecule has 8 rings (SSSR count). The monoisotopic (exact) mass is 466 g/mol.